The minimum atomic E-state index is -1.63. The van der Waals surface area contributed by atoms with E-state index in [2.05, 4.69) is 10.1 Å². The van der Waals surface area contributed by atoms with Crippen LogP contribution in [-0.2, 0) is 19.1 Å². The second-order valence-electron chi connectivity index (χ2n) is 8.28. The zero-order chi connectivity index (χ0) is 28.4. The van der Waals surface area contributed by atoms with Crippen molar-refractivity contribution in [3.05, 3.63) is 63.5 Å². The van der Waals surface area contributed by atoms with E-state index in [0.29, 0.717) is 4.90 Å². The number of β-lactam (4-membered cyclic amide) rings is 1. The van der Waals surface area contributed by atoms with Gasteiger partial charge in [-0.15, -0.1) is 11.8 Å². The van der Waals surface area contributed by atoms with Crippen LogP contribution in [0.15, 0.2) is 52.4 Å². The van der Waals surface area contributed by atoms with Crippen LogP contribution in [0.3, 0.4) is 0 Å². The molecule has 4 rings (SSSR count). The number of imide groups is 1. The Labute approximate surface area is 228 Å². The maximum absolute atomic E-state index is 13.6. The van der Waals surface area contributed by atoms with E-state index in [1.54, 1.807) is 5.38 Å². The predicted octanol–water partition coefficient (Wildman–Crippen LogP) is 0.550. The molecule has 3 heterocycles. The van der Waals surface area contributed by atoms with Crippen molar-refractivity contribution in [2.75, 3.05) is 12.4 Å². The summed E-state index contributed by atoms with van der Waals surface area (Å²) >= 11 is 2.30. The number of thiophene rings is 1. The van der Waals surface area contributed by atoms with Crippen LogP contribution in [0.2, 0.25) is 0 Å². The van der Waals surface area contributed by atoms with Crippen LogP contribution >= 0.6 is 23.1 Å². The predicted molar refractivity (Wildman–Crippen MR) is 136 cm³/mol. The van der Waals surface area contributed by atoms with Crippen LogP contribution in [0.25, 0.3) is 0 Å². The van der Waals surface area contributed by atoms with E-state index in [0.717, 1.165) is 16.7 Å². The van der Waals surface area contributed by atoms with Crippen molar-refractivity contribution in [1.82, 2.24) is 15.1 Å². The standard InChI is InChI=1S/C23H21N5O9S2/c24-22(35)28(18(31)11-5-6-38-8-11)15(10-1-3-13(29)4-2-10)17(30)26-14-19(32)27-16(21(33)34)12(7-37-23(25)36)9-39-20(14)27/h1-6,8,14-15,20,29H,7,9H2,(H2,24,35)(H2,25,36)(H,26,30)(H,33,34)/t14-,15?,20-/m0/s1. The number of hydrogen-bond acceptors (Lipinski definition) is 10. The van der Waals surface area contributed by atoms with Gasteiger partial charge in [0, 0.05) is 16.7 Å². The summed E-state index contributed by atoms with van der Waals surface area (Å²) in [5.41, 5.74) is 10.4. The summed E-state index contributed by atoms with van der Waals surface area (Å²) in [5.74, 6) is -4.09. The molecule has 16 heteroatoms. The monoisotopic (exact) mass is 575 g/mol. The molecule has 6 amide bonds. The number of thioether (sulfide) groups is 1. The molecular formula is C23H21N5O9S2. The number of amides is 6. The Morgan fingerprint density at radius 2 is 1.85 bits per heavy atom. The molecule has 1 aromatic carbocycles. The minimum Gasteiger partial charge on any atom is -0.508 e. The molecule has 14 nitrogen and oxygen atoms in total. The second kappa shape index (κ2) is 11.0. The lowest BCUT2D eigenvalue weighted by atomic mass is 9.99. The number of nitrogens with zero attached hydrogens (tertiary/aromatic N) is 2. The number of nitrogens with two attached hydrogens (primary N) is 2. The molecule has 1 unspecified atom stereocenters. The number of nitrogens with one attached hydrogen (secondary N) is 1. The summed E-state index contributed by atoms with van der Waals surface area (Å²) < 4.78 is 4.69. The number of fused-ring (bicyclic) bond motifs is 1. The molecule has 204 valence electrons. The van der Waals surface area contributed by atoms with Gasteiger partial charge in [-0.3, -0.25) is 19.3 Å². The van der Waals surface area contributed by atoms with Crippen molar-refractivity contribution < 1.29 is 43.7 Å². The van der Waals surface area contributed by atoms with Gasteiger partial charge in [-0.25, -0.2) is 19.3 Å². The van der Waals surface area contributed by atoms with Crippen LogP contribution in [0, 0.1) is 0 Å². The lowest BCUT2D eigenvalue weighted by Gasteiger charge is -2.49. The van der Waals surface area contributed by atoms with Crippen molar-refractivity contribution in [3.8, 4) is 5.75 Å². The van der Waals surface area contributed by atoms with Crippen molar-refractivity contribution in [1.29, 1.82) is 0 Å². The number of benzene rings is 1. The first kappa shape index (κ1) is 27.5. The number of primary amides is 2. The summed E-state index contributed by atoms with van der Waals surface area (Å²) in [6.45, 7) is -0.432. The van der Waals surface area contributed by atoms with E-state index < -0.39 is 65.6 Å². The third-order valence-corrected chi connectivity index (χ3v) is 7.90. The largest absolute Gasteiger partial charge is 0.508 e. The first-order chi connectivity index (χ1) is 18.5. The number of carboxylic acids is 1. The molecule has 2 aromatic rings. The Morgan fingerprint density at radius 1 is 1.15 bits per heavy atom. The summed E-state index contributed by atoms with van der Waals surface area (Å²) in [7, 11) is 0. The normalized spacial score (nSPS) is 18.9. The maximum atomic E-state index is 13.6. The van der Waals surface area contributed by atoms with Crippen molar-refractivity contribution in [3.63, 3.8) is 0 Å². The number of ether oxygens (including phenoxy) is 1. The molecule has 1 saturated heterocycles. The quantitative estimate of drug-likeness (QED) is 0.275. The van der Waals surface area contributed by atoms with Crippen LogP contribution in [0.1, 0.15) is 22.0 Å². The Bertz CT molecular complexity index is 1380. The Morgan fingerprint density at radius 3 is 2.41 bits per heavy atom. The van der Waals surface area contributed by atoms with Crippen LogP contribution in [-0.4, -0.2) is 79.6 Å². The molecular weight excluding hydrogens is 554 g/mol. The molecule has 0 radical (unpaired) electrons. The van der Waals surface area contributed by atoms with Gasteiger partial charge in [-0.05, 0) is 29.1 Å². The van der Waals surface area contributed by atoms with E-state index in [1.807, 2.05) is 0 Å². The molecule has 0 spiro atoms. The number of aromatic hydroxyl groups is 1. The molecule has 1 fully saturated rings. The molecule has 3 atom stereocenters. The van der Waals surface area contributed by atoms with E-state index in [9.17, 15) is 39.0 Å². The number of aliphatic carboxylic acids is 1. The van der Waals surface area contributed by atoms with Crippen molar-refractivity contribution in [2.45, 2.75) is 17.5 Å². The number of hydrogen-bond donors (Lipinski definition) is 5. The van der Waals surface area contributed by atoms with E-state index in [1.165, 1.54) is 47.0 Å². The van der Waals surface area contributed by atoms with Gasteiger partial charge in [0.15, 0.2) is 0 Å². The SMILES string of the molecule is NC(=O)OCC1=C(C(=O)O)N2C(=O)[C@H](NC(=O)C(c3ccc(O)cc3)N(C(N)=O)C(=O)c3ccsc3)[C@@H]2SC1. The number of rotatable bonds is 8. The molecule has 2 aliphatic rings. The summed E-state index contributed by atoms with van der Waals surface area (Å²) in [6.07, 6.45) is -1.12. The maximum Gasteiger partial charge on any atom is 0.404 e. The lowest BCUT2D eigenvalue weighted by Crippen LogP contribution is -2.71. The second-order valence-corrected chi connectivity index (χ2v) is 10.2. The average Bonchev–Trinajstić information content (AvgIpc) is 3.43. The highest BCUT2D eigenvalue weighted by Crippen LogP contribution is 2.41. The number of carbonyl (C=O) groups excluding carboxylic acids is 5. The average molecular weight is 576 g/mol. The fourth-order valence-electron chi connectivity index (χ4n) is 4.13. The van der Waals surface area contributed by atoms with Gasteiger partial charge in [-0.1, -0.05) is 12.1 Å². The Hall–Kier alpha value is -4.57. The molecule has 39 heavy (non-hydrogen) atoms. The number of carbonyl (C=O) groups is 6. The summed E-state index contributed by atoms with van der Waals surface area (Å²) in [5, 5.41) is 24.1. The Kier molecular flexibility index (Phi) is 7.78. The summed E-state index contributed by atoms with van der Waals surface area (Å²) in [4.78, 5) is 76.6. The van der Waals surface area contributed by atoms with E-state index in [4.69, 9.17) is 11.5 Å². The number of carboxylic acid groups (broad SMARTS) is 1. The van der Waals surface area contributed by atoms with Gasteiger partial charge in [-0.2, -0.15) is 11.3 Å². The van der Waals surface area contributed by atoms with Gasteiger partial charge in [0.05, 0.1) is 5.56 Å². The first-order valence-electron chi connectivity index (χ1n) is 11.1. The summed E-state index contributed by atoms with van der Waals surface area (Å²) in [6, 6.07) is 2.51. The molecule has 1 aromatic heterocycles. The number of phenolic OH excluding ortho intramolecular Hbond substituents is 1. The fraction of sp³-hybridized carbons (Fsp3) is 0.217. The number of urea groups is 1. The molecule has 2 aliphatic heterocycles. The van der Waals surface area contributed by atoms with Gasteiger partial charge >= 0.3 is 18.1 Å². The fourth-order valence-corrected chi connectivity index (χ4v) is 6.09. The zero-order valence-corrected chi connectivity index (χ0v) is 21.4. The van der Waals surface area contributed by atoms with Gasteiger partial charge in [0.1, 0.15) is 35.5 Å². The van der Waals surface area contributed by atoms with Crippen LogP contribution < -0.4 is 16.8 Å². The van der Waals surface area contributed by atoms with Crippen LogP contribution in [0.4, 0.5) is 9.59 Å². The van der Waals surface area contributed by atoms with Gasteiger partial charge < -0.3 is 31.7 Å². The van der Waals surface area contributed by atoms with Gasteiger partial charge in [0.25, 0.3) is 11.8 Å². The van der Waals surface area contributed by atoms with Gasteiger partial charge in [0.2, 0.25) is 5.91 Å². The minimum absolute atomic E-state index is 0.0567. The van der Waals surface area contributed by atoms with E-state index in [-0.39, 0.29) is 28.2 Å². The van der Waals surface area contributed by atoms with E-state index >= 15 is 0 Å². The third-order valence-electron chi connectivity index (χ3n) is 5.88. The number of phenols is 1. The molecule has 0 saturated carbocycles. The van der Waals surface area contributed by atoms with Crippen LogP contribution in [0.5, 0.6) is 5.75 Å². The first-order valence-corrected chi connectivity index (χ1v) is 13.1. The zero-order valence-electron chi connectivity index (χ0n) is 19.8. The highest BCUT2D eigenvalue weighted by molar-refractivity contribution is 8.00. The smallest absolute Gasteiger partial charge is 0.404 e. The van der Waals surface area contributed by atoms with Crippen molar-refractivity contribution >= 4 is 58.9 Å². The third kappa shape index (κ3) is 5.37. The molecule has 0 aliphatic carbocycles. The van der Waals surface area contributed by atoms with Crippen molar-refractivity contribution in [2.24, 2.45) is 11.5 Å². The highest BCUT2D eigenvalue weighted by atomic mass is 32.2. The molecule has 0 bridgehead atoms. The topological polar surface area (TPSA) is 223 Å². The highest BCUT2D eigenvalue weighted by Gasteiger charge is 2.55. The molecule has 7 N–H and O–H groups in total. The lowest BCUT2D eigenvalue weighted by molar-refractivity contribution is -0.151. The Balaban J connectivity index is 1.63.